The molecule has 0 radical (unpaired) electrons. The van der Waals surface area contributed by atoms with E-state index in [1.165, 1.54) is 102 Å². The first-order valence-corrected chi connectivity index (χ1v) is 13.1. The molecule has 2 heteroatoms. The van der Waals surface area contributed by atoms with Crippen LogP contribution in [-0.2, 0) is 0 Å². The van der Waals surface area contributed by atoms with Crippen molar-refractivity contribution in [2.75, 3.05) is 0 Å². The predicted octanol–water partition coefficient (Wildman–Crippen LogP) is 9.04. The minimum absolute atomic E-state index is 0.431. The SMILES string of the molecule is CCCCC1CCC(CCC2CCC3CC(c4ccc(F)c(F)c4)CCC3C2)CC1. The molecule has 4 atom stereocenters. The van der Waals surface area contributed by atoms with Crippen molar-refractivity contribution in [2.45, 2.75) is 109 Å². The zero-order chi connectivity index (χ0) is 20.9. The quantitative estimate of drug-likeness (QED) is 0.416. The van der Waals surface area contributed by atoms with Crippen LogP contribution in [0.15, 0.2) is 18.2 Å². The van der Waals surface area contributed by atoms with Crippen molar-refractivity contribution in [3.8, 4) is 0 Å². The molecule has 0 bridgehead atoms. The molecule has 168 valence electrons. The van der Waals surface area contributed by atoms with E-state index in [9.17, 15) is 8.78 Å². The Balaban J connectivity index is 1.19. The lowest BCUT2D eigenvalue weighted by Crippen LogP contribution is -2.30. The van der Waals surface area contributed by atoms with Gasteiger partial charge in [0, 0.05) is 0 Å². The predicted molar refractivity (Wildman–Crippen MR) is 121 cm³/mol. The average molecular weight is 417 g/mol. The summed E-state index contributed by atoms with van der Waals surface area (Å²) in [5.74, 6) is 3.70. The fraction of sp³-hybridized carbons (Fsp3) is 0.786. The molecule has 0 aromatic heterocycles. The zero-order valence-corrected chi connectivity index (χ0v) is 19.1. The molecule has 0 amide bonds. The van der Waals surface area contributed by atoms with Gasteiger partial charge in [0.25, 0.3) is 0 Å². The molecule has 4 unspecified atom stereocenters. The topological polar surface area (TPSA) is 0 Å². The second kappa shape index (κ2) is 10.6. The van der Waals surface area contributed by atoms with E-state index in [0.717, 1.165) is 41.6 Å². The first-order chi connectivity index (χ1) is 14.6. The molecule has 0 heterocycles. The van der Waals surface area contributed by atoms with E-state index in [1.807, 2.05) is 6.07 Å². The minimum atomic E-state index is -0.720. The summed E-state index contributed by atoms with van der Waals surface area (Å²) in [4.78, 5) is 0. The van der Waals surface area contributed by atoms with E-state index < -0.39 is 11.6 Å². The van der Waals surface area contributed by atoms with Gasteiger partial charge in [-0.25, -0.2) is 8.78 Å². The lowest BCUT2D eigenvalue weighted by molar-refractivity contribution is 0.108. The van der Waals surface area contributed by atoms with Crippen molar-refractivity contribution in [3.63, 3.8) is 0 Å². The fourth-order valence-electron chi connectivity index (χ4n) is 7.09. The Morgan fingerprint density at radius 1 is 0.700 bits per heavy atom. The monoisotopic (exact) mass is 416 g/mol. The third kappa shape index (κ3) is 5.65. The Bertz CT molecular complexity index is 661. The van der Waals surface area contributed by atoms with E-state index >= 15 is 0 Å². The summed E-state index contributed by atoms with van der Waals surface area (Å²) in [6.45, 7) is 2.31. The summed E-state index contributed by atoms with van der Waals surface area (Å²) in [6, 6.07) is 4.57. The minimum Gasteiger partial charge on any atom is -0.204 e. The van der Waals surface area contributed by atoms with Gasteiger partial charge < -0.3 is 0 Å². The maximum atomic E-state index is 13.7. The number of hydrogen-bond donors (Lipinski definition) is 0. The van der Waals surface area contributed by atoms with Gasteiger partial charge in [-0.3, -0.25) is 0 Å². The van der Waals surface area contributed by atoms with Crippen molar-refractivity contribution < 1.29 is 8.78 Å². The number of benzene rings is 1. The molecule has 0 nitrogen and oxygen atoms in total. The maximum Gasteiger partial charge on any atom is 0.159 e. The van der Waals surface area contributed by atoms with Crippen molar-refractivity contribution in [1.29, 1.82) is 0 Å². The number of halogens is 2. The summed E-state index contributed by atoms with van der Waals surface area (Å²) in [5, 5.41) is 0. The van der Waals surface area contributed by atoms with Crippen LogP contribution in [0.5, 0.6) is 0 Å². The van der Waals surface area contributed by atoms with Crippen LogP contribution in [0.3, 0.4) is 0 Å². The van der Waals surface area contributed by atoms with Gasteiger partial charge >= 0.3 is 0 Å². The van der Waals surface area contributed by atoms with Crippen LogP contribution in [0.1, 0.15) is 115 Å². The Hall–Kier alpha value is -0.920. The Kier molecular flexibility index (Phi) is 7.87. The van der Waals surface area contributed by atoms with Crippen molar-refractivity contribution >= 4 is 0 Å². The third-order valence-corrected chi connectivity index (χ3v) is 9.05. The number of fused-ring (bicyclic) bond motifs is 1. The normalized spacial score (nSPS) is 34.5. The van der Waals surface area contributed by atoms with Crippen molar-refractivity contribution in [3.05, 3.63) is 35.4 Å². The molecular formula is C28H42F2. The Labute approximate surface area is 183 Å². The second-order valence-corrected chi connectivity index (χ2v) is 11.0. The first-order valence-electron chi connectivity index (χ1n) is 13.1. The fourth-order valence-corrected chi connectivity index (χ4v) is 7.09. The summed E-state index contributed by atoms with van der Waals surface area (Å²) < 4.78 is 26.9. The van der Waals surface area contributed by atoms with Crippen LogP contribution in [0.4, 0.5) is 8.78 Å². The average Bonchev–Trinajstić information content (AvgIpc) is 2.78. The molecule has 3 aliphatic carbocycles. The summed E-state index contributed by atoms with van der Waals surface area (Å²) in [7, 11) is 0. The van der Waals surface area contributed by atoms with Crippen LogP contribution in [0.25, 0.3) is 0 Å². The molecule has 3 saturated carbocycles. The van der Waals surface area contributed by atoms with Gasteiger partial charge in [-0.15, -0.1) is 0 Å². The Morgan fingerprint density at radius 2 is 1.33 bits per heavy atom. The van der Waals surface area contributed by atoms with E-state index in [4.69, 9.17) is 0 Å². The molecule has 4 rings (SSSR count). The van der Waals surface area contributed by atoms with Crippen LogP contribution in [0, 0.1) is 41.2 Å². The van der Waals surface area contributed by atoms with Crippen LogP contribution >= 0.6 is 0 Å². The van der Waals surface area contributed by atoms with Gasteiger partial charge in [-0.05, 0) is 85.3 Å². The standard InChI is InChI=1S/C28H42F2/c1-2-3-4-20-5-7-21(8-6-20)9-10-22-11-12-24-18-25(14-13-23(24)17-22)26-15-16-27(29)28(30)19-26/h15-16,19-25H,2-14,17-18H2,1H3. The molecule has 3 aliphatic rings. The van der Waals surface area contributed by atoms with E-state index in [-0.39, 0.29) is 0 Å². The molecule has 0 aliphatic heterocycles. The molecule has 1 aromatic rings. The third-order valence-electron chi connectivity index (χ3n) is 9.05. The molecule has 0 saturated heterocycles. The summed E-state index contributed by atoms with van der Waals surface area (Å²) >= 11 is 0. The van der Waals surface area contributed by atoms with Gasteiger partial charge in [0.2, 0.25) is 0 Å². The summed E-state index contributed by atoms with van der Waals surface area (Å²) in [5.41, 5.74) is 1.02. The molecule has 0 N–H and O–H groups in total. The highest BCUT2D eigenvalue weighted by molar-refractivity contribution is 5.22. The van der Waals surface area contributed by atoms with Gasteiger partial charge in [0.05, 0.1) is 0 Å². The maximum absolute atomic E-state index is 13.7. The smallest absolute Gasteiger partial charge is 0.159 e. The highest BCUT2D eigenvalue weighted by atomic mass is 19.2. The highest BCUT2D eigenvalue weighted by Gasteiger charge is 2.36. The molecule has 1 aromatic carbocycles. The van der Waals surface area contributed by atoms with Crippen molar-refractivity contribution in [2.24, 2.45) is 29.6 Å². The first kappa shape index (κ1) is 22.3. The zero-order valence-electron chi connectivity index (χ0n) is 19.1. The summed E-state index contributed by atoms with van der Waals surface area (Å²) in [6.07, 6.45) is 21.0. The van der Waals surface area contributed by atoms with E-state index in [0.29, 0.717) is 5.92 Å². The van der Waals surface area contributed by atoms with Crippen molar-refractivity contribution in [1.82, 2.24) is 0 Å². The van der Waals surface area contributed by atoms with Crippen LogP contribution < -0.4 is 0 Å². The molecule has 3 fully saturated rings. The van der Waals surface area contributed by atoms with E-state index in [2.05, 4.69) is 6.92 Å². The van der Waals surface area contributed by atoms with Gasteiger partial charge in [-0.1, -0.05) is 77.2 Å². The second-order valence-electron chi connectivity index (χ2n) is 11.0. The van der Waals surface area contributed by atoms with Gasteiger partial charge in [0.1, 0.15) is 0 Å². The highest BCUT2D eigenvalue weighted by Crippen LogP contribution is 2.49. The Morgan fingerprint density at radius 3 is 2.07 bits per heavy atom. The lowest BCUT2D eigenvalue weighted by atomic mass is 9.63. The van der Waals surface area contributed by atoms with Gasteiger partial charge in [-0.2, -0.15) is 0 Å². The largest absolute Gasteiger partial charge is 0.204 e. The molecule has 30 heavy (non-hydrogen) atoms. The number of hydrogen-bond acceptors (Lipinski definition) is 0. The van der Waals surface area contributed by atoms with E-state index in [1.54, 1.807) is 0 Å². The number of rotatable bonds is 7. The van der Waals surface area contributed by atoms with Crippen LogP contribution in [0.2, 0.25) is 0 Å². The lowest BCUT2D eigenvalue weighted by Gasteiger charge is -2.42. The molecule has 0 spiro atoms. The van der Waals surface area contributed by atoms with Crippen LogP contribution in [-0.4, -0.2) is 0 Å². The van der Waals surface area contributed by atoms with Gasteiger partial charge in [0.15, 0.2) is 11.6 Å². The number of unbranched alkanes of at least 4 members (excludes halogenated alkanes) is 1. The molecular weight excluding hydrogens is 374 g/mol.